The molecule has 0 saturated carbocycles. The Kier molecular flexibility index (Phi) is 14.9. The van der Waals surface area contributed by atoms with Crippen molar-refractivity contribution < 1.29 is 14.7 Å². The molecule has 0 bridgehead atoms. The van der Waals surface area contributed by atoms with Crippen LogP contribution in [0, 0.1) is 0 Å². The van der Waals surface area contributed by atoms with Crippen molar-refractivity contribution in [2.75, 3.05) is 18.0 Å². The van der Waals surface area contributed by atoms with E-state index >= 15 is 0 Å². The Labute approximate surface area is 228 Å². The number of carbonyl (C=O) groups excluding carboxylic acids is 1. The Morgan fingerprint density at radius 2 is 1.32 bits per heavy atom. The summed E-state index contributed by atoms with van der Waals surface area (Å²) in [6.45, 7) is 7.77. The summed E-state index contributed by atoms with van der Waals surface area (Å²) in [5.41, 5.74) is 1.76. The second-order valence-electron chi connectivity index (χ2n) is 9.68. The van der Waals surface area contributed by atoms with E-state index < -0.39 is 11.9 Å². The maximum absolute atomic E-state index is 13.1. The summed E-state index contributed by atoms with van der Waals surface area (Å²) < 4.78 is 0. The first-order chi connectivity index (χ1) is 18.0. The number of urea groups is 1. The lowest BCUT2D eigenvalue weighted by atomic mass is 9.97. The van der Waals surface area contributed by atoms with E-state index in [1.54, 1.807) is 11.8 Å². The number of nitrogens with one attached hydrogen (secondary N) is 1. The van der Waals surface area contributed by atoms with E-state index in [9.17, 15) is 14.7 Å². The third-order valence-electron chi connectivity index (χ3n) is 6.66. The number of unbranched alkanes of at least 4 members (excludes halogenated alkanes) is 8. The van der Waals surface area contributed by atoms with Gasteiger partial charge in [-0.1, -0.05) is 96.0 Å². The van der Waals surface area contributed by atoms with Crippen LogP contribution in [0.5, 0.6) is 0 Å². The molecule has 37 heavy (non-hydrogen) atoms. The highest BCUT2D eigenvalue weighted by Gasteiger charge is 2.18. The number of hydrogen-bond acceptors (Lipinski definition) is 3. The smallest absolute Gasteiger partial charge is 0.321 e. The first-order valence-electron chi connectivity index (χ1n) is 14.2. The number of benzene rings is 2. The first-order valence-corrected chi connectivity index (χ1v) is 15.0. The van der Waals surface area contributed by atoms with Gasteiger partial charge in [0.25, 0.3) is 0 Å². The molecule has 1 unspecified atom stereocenters. The minimum atomic E-state index is -0.783. The van der Waals surface area contributed by atoms with Crippen molar-refractivity contribution in [1.82, 2.24) is 5.32 Å². The molecule has 0 saturated heterocycles. The van der Waals surface area contributed by atoms with Gasteiger partial charge in [0.05, 0.1) is 5.92 Å². The molecule has 2 N–H and O–H groups in total. The standard InChI is InChI=1S/C31H46N2O3S/c1-4-7-9-11-13-23-32-31(36)33(24-14-12-10-8-5-2)26-17-21-28(22-18-26)37-27-19-15-25(16-20-27)29(6-3)30(34)35/h15-22,29H,4-14,23-24H2,1-3H3,(H,32,36)(H,34,35). The van der Waals surface area contributed by atoms with E-state index in [2.05, 4.69) is 31.3 Å². The summed E-state index contributed by atoms with van der Waals surface area (Å²) in [5.74, 6) is -1.25. The Balaban J connectivity index is 2.00. The van der Waals surface area contributed by atoms with Crippen molar-refractivity contribution >= 4 is 29.4 Å². The van der Waals surface area contributed by atoms with Gasteiger partial charge in [0.15, 0.2) is 0 Å². The van der Waals surface area contributed by atoms with E-state index in [1.165, 1.54) is 38.5 Å². The van der Waals surface area contributed by atoms with Crippen molar-refractivity contribution in [2.24, 2.45) is 0 Å². The van der Waals surface area contributed by atoms with Crippen LogP contribution in [-0.4, -0.2) is 30.2 Å². The van der Waals surface area contributed by atoms with Crippen molar-refractivity contribution in [3.63, 3.8) is 0 Å². The molecule has 0 aliphatic rings. The van der Waals surface area contributed by atoms with Crippen LogP contribution in [-0.2, 0) is 4.79 Å². The predicted molar refractivity (Wildman–Crippen MR) is 156 cm³/mol. The molecule has 2 amide bonds. The fourth-order valence-corrected chi connectivity index (χ4v) is 5.21. The third kappa shape index (κ3) is 11.2. The molecule has 2 aromatic carbocycles. The average molecular weight is 527 g/mol. The molecule has 0 heterocycles. The van der Waals surface area contributed by atoms with Gasteiger partial charge in [-0.2, -0.15) is 0 Å². The lowest BCUT2D eigenvalue weighted by Crippen LogP contribution is -2.41. The fraction of sp³-hybridized carbons (Fsp3) is 0.548. The van der Waals surface area contributed by atoms with E-state index in [0.717, 1.165) is 59.8 Å². The molecule has 2 rings (SSSR count). The lowest BCUT2D eigenvalue weighted by Gasteiger charge is -2.23. The molecule has 0 radical (unpaired) electrons. The first kappa shape index (κ1) is 30.8. The van der Waals surface area contributed by atoms with Crippen molar-refractivity contribution in [3.8, 4) is 0 Å². The maximum atomic E-state index is 13.1. The number of rotatable bonds is 18. The third-order valence-corrected chi connectivity index (χ3v) is 7.68. The summed E-state index contributed by atoms with van der Waals surface area (Å²) in [4.78, 5) is 28.5. The second kappa shape index (κ2) is 17.9. The number of hydrogen-bond donors (Lipinski definition) is 2. The van der Waals surface area contributed by atoms with Gasteiger partial charge in [-0.05, 0) is 61.2 Å². The zero-order chi connectivity index (χ0) is 26.9. The van der Waals surface area contributed by atoms with Crippen LogP contribution in [0.1, 0.15) is 103 Å². The Hall–Kier alpha value is -2.47. The van der Waals surface area contributed by atoms with E-state index in [1.807, 2.05) is 48.2 Å². The lowest BCUT2D eigenvalue weighted by molar-refractivity contribution is -0.138. The van der Waals surface area contributed by atoms with Crippen molar-refractivity contribution in [1.29, 1.82) is 0 Å². The highest BCUT2D eigenvalue weighted by molar-refractivity contribution is 7.99. The van der Waals surface area contributed by atoms with Crippen molar-refractivity contribution in [3.05, 3.63) is 54.1 Å². The largest absolute Gasteiger partial charge is 0.481 e. The Morgan fingerprint density at radius 1 is 0.784 bits per heavy atom. The number of carboxylic acid groups (broad SMARTS) is 1. The topological polar surface area (TPSA) is 69.6 Å². The molecule has 0 aliphatic heterocycles. The molecular formula is C31H46N2O3S. The van der Waals surface area contributed by atoms with Gasteiger partial charge < -0.3 is 10.4 Å². The monoisotopic (exact) mass is 526 g/mol. The van der Waals surface area contributed by atoms with Gasteiger partial charge in [0.1, 0.15) is 0 Å². The number of amides is 2. The van der Waals surface area contributed by atoms with E-state index in [0.29, 0.717) is 6.42 Å². The SMILES string of the molecule is CCCCCCCNC(=O)N(CCCCCCC)c1ccc(Sc2ccc(C(CC)C(=O)O)cc2)cc1. The second-order valence-corrected chi connectivity index (χ2v) is 10.8. The van der Waals surface area contributed by atoms with Crippen molar-refractivity contribution in [2.45, 2.75) is 107 Å². The van der Waals surface area contributed by atoms with Crippen LogP contribution in [0.3, 0.4) is 0 Å². The van der Waals surface area contributed by atoms with Crippen LogP contribution in [0.2, 0.25) is 0 Å². The summed E-state index contributed by atoms with van der Waals surface area (Å²) >= 11 is 1.64. The van der Waals surface area contributed by atoms with Crippen LogP contribution in [0.4, 0.5) is 10.5 Å². The molecule has 2 aromatic rings. The van der Waals surface area contributed by atoms with Crippen LogP contribution in [0.25, 0.3) is 0 Å². The molecule has 204 valence electrons. The average Bonchev–Trinajstić information content (AvgIpc) is 2.90. The van der Waals surface area contributed by atoms with Gasteiger partial charge in [0, 0.05) is 28.6 Å². The number of anilines is 1. The predicted octanol–water partition coefficient (Wildman–Crippen LogP) is 8.87. The zero-order valence-electron chi connectivity index (χ0n) is 23.0. The number of carboxylic acids is 1. The fourth-order valence-electron chi connectivity index (χ4n) is 4.39. The van der Waals surface area contributed by atoms with Crippen LogP contribution < -0.4 is 10.2 Å². The van der Waals surface area contributed by atoms with Gasteiger partial charge in [-0.25, -0.2) is 4.79 Å². The molecular weight excluding hydrogens is 480 g/mol. The van der Waals surface area contributed by atoms with Crippen LogP contribution in [0.15, 0.2) is 58.3 Å². The van der Waals surface area contributed by atoms with Gasteiger partial charge in [0.2, 0.25) is 0 Å². The van der Waals surface area contributed by atoms with E-state index in [-0.39, 0.29) is 6.03 Å². The van der Waals surface area contributed by atoms with Gasteiger partial charge in [-0.15, -0.1) is 0 Å². The Bertz CT molecular complexity index is 915. The summed E-state index contributed by atoms with van der Waals surface area (Å²) in [6, 6.07) is 15.9. The van der Waals surface area contributed by atoms with Crippen LogP contribution >= 0.6 is 11.8 Å². The number of aliphatic carboxylic acids is 1. The molecule has 0 aliphatic carbocycles. The summed E-state index contributed by atoms with van der Waals surface area (Å²) in [7, 11) is 0. The molecule has 0 fully saturated rings. The number of nitrogens with zero attached hydrogens (tertiary/aromatic N) is 1. The minimum Gasteiger partial charge on any atom is -0.481 e. The molecule has 5 nitrogen and oxygen atoms in total. The molecule has 1 atom stereocenters. The quantitative estimate of drug-likeness (QED) is 0.190. The normalized spacial score (nSPS) is 11.8. The van der Waals surface area contributed by atoms with Gasteiger partial charge >= 0.3 is 12.0 Å². The van der Waals surface area contributed by atoms with E-state index in [4.69, 9.17) is 0 Å². The molecule has 6 heteroatoms. The summed E-state index contributed by atoms with van der Waals surface area (Å²) in [5, 5.41) is 12.5. The minimum absolute atomic E-state index is 0.00844. The molecule has 0 spiro atoms. The number of carbonyl (C=O) groups is 2. The summed E-state index contributed by atoms with van der Waals surface area (Å²) in [6.07, 6.45) is 12.3. The highest BCUT2D eigenvalue weighted by atomic mass is 32.2. The zero-order valence-corrected chi connectivity index (χ0v) is 23.8. The highest BCUT2D eigenvalue weighted by Crippen LogP contribution is 2.31. The van der Waals surface area contributed by atoms with Gasteiger partial charge in [-0.3, -0.25) is 9.69 Å². The molecule has 0 aromatic heterocycles. The maximum Gasteiger partial charge on any atom is 0.321 e. The Morgan fingerprint density at radius 3 is 1.86 bits per heavy atom.